The van der Waals surface area contributed by atoms with Crippen molar-refractivity contribution in [2.45, 2.75) is 20.0 Å². The third-order valence-electron chi connectivity index (χ3n) is 2.09. The van der Waals surface area contributed by atoms with Crippen molar-refractivity contribution in [3.05, 3.63) is 17.0 Å². The average molecular weight is 182 g/mol. The van der Waals surface area contributed by atoms with Gasteiger partial charge in [-0.2, -0.15) is 0 Å². The standard InChI is InChI=1S/C8H10N2O3/c1-4-7(5(2)13-10-4)6-3-9-8(11)12-6/h6H,3H2,1-2H3,(H,9,11). The minimum Gasteiger partial charge on any atom is -0.439 e. The van der Waals surface area contributed by atoms with E-state index in [1.54, 1.807) is 0 Å². The van der Waals surface area contributed by atoms with E-state index in [-0.39, 0.29) is 12.2 Å². The Hall–Kier alpha value is -1.52. The van der Waals surface area contributed by atoms with Crippen LogP contribution in [0, 0.1) is 13.8 Å². The number of rotatable bonds is 1. The molecule has 2 rings (SSSR count). The van der Waals surface area contributed by atoms with Crippen molar-refractivity contribution < 1.29 is 14.1 Å². The lowest BCUT2D eigenvalue weighted by Gasteiger charge is -2.05. The summed E-state index contributed by atoms with van der Waals surface area (Å²) in [5.41, 5.74) is 1.65. The number of hydrogen-bond donors (Lipinski definition) is 1. The third kappa shape index (κ3) is 1.26. The van der Waals surface area contributed by atoms with Crippen LogP contribution in [0.3, 0.4) is 0 Å². The maximum absolute atomic E-state index is 10.8. The normalized spacial score (nSPS) is 21.4. The summed E-state index contributed by atoms with van der Waals surface area (Å²) in [6, 6.07) is 0. The number of carbonyl (C=O) groups is 1. The van der Waals surface area contributed by atoms with E-state index in [1.807, 2.05) is 13.8 Å². The van der Waals surface area contributed by atoms with E-state index in [0.717, 1.165) is 11.3 Å². The van der Waals surface area contributed by atoms with E-state index in [0.29, 0.717) is 12.3 Å². The maximum atomic E-state index is 10.8. The van der Waals surface area contributed by atoms with Gasteiger partial charge in [0.25, 0.3) is 0 Å². The van der Waals surface area contributed by atoms with E-state index in [4.69, 9.17) is 9.26 Å². The molecule has 5 heteroatoms. The summed E-state index contributed by atoms with van der Waals surface area (Å²) in [7, 11) is 0. The highest BCUT2D eigenvalue weighted by Crippen LogP contribution is 2.26. The summed E-state index contributed by atoms with van der Waals surface area (Å²) in [5.74, 6) is 0.707. The molecule has 1 saturated heterocycles. The number of amides is 1. The zero-order valence-corrected chi connectivity index (χ0v) is 7.46. The molecule has 0 bridgehead atoms. The molecular weight excluding hydrogens is 172 g/mol. The minimum atomic E-state index is -0.384. The van der Waals surface area contributed by atoms with E-state index in [9.17, 15) is 4.79 Å². The van der Waals surface area contributed by atoms with Gasteiger partial charge in [-0.05, 0) is 13.8 Å². The number of nitrogens with one attached hydrogen (secondary N) is 1. The molecule has 0 aromatic carbocycles. The van der Waals surface area contributed by atoms with E-state index in [1.165, 1.54) is 0 Å². The molecule has 1 aromatic rings. The predicted molar refractivity (Wildman–Crippen MR) is 43.2 cm³/mol. The Labute approximate surface area is 75.0 Å². The fourth-order valence-electron chi connectivity index (χ4n) is 1.50. The van der Waals surface area contributed by atoms with Crippen LogP contribution < -0.4 is 5.32 Å². The van der Waals surface area contributed by atoms with Gasteiger partial charge in [-0.3, -0.25) is 0 Å². The smallest absolute Gasteiger partial charge is 0.407 e. The van der Waals surface area contributed by atoms with Crippen LogP contribution in [-0.2, 0) is 4.74 Å². The van der Waals surface area contributed by atoms with Crippen molar-refractivity contribution >= 4 is 6.09 Å². The number of alkyl carbamates (subject to hydrolysis) is 1. The first-order valence-electron chi connectivity index (χ1n) is 4.05. The van der Waals surface area contributed by atoms with Crippen LogP contribution in [0.15, 0.2) is 4.52 Å². The Morgan fingerprint density at radius 3 is 2.77 bits per heavy atom. The van der Waals surface area contributed by atoms with Crippen LogP contribution in [0.1, 0.15) is 23.1 Å². The number of hydrogen-bond acceptors (Lipinski definition) is 4. The van der Waals surface area contributed by atoms with Crippen molar-refractivity contribution in [2.75, 3.05) is 6.54 Å². The second-order valence-corrected chi connectivity index (χ2v) is 3.01. The lowest BCUT2D eigenvalue weighted by Crippen LogP contribution is -2.12. The first-order valence-corrected chi connectivity index (χ1v) is 4.05. The monoisotopic (exact) mass is 182 g/mol. The van der Waals surface area contributed by atoms with Gasteiger partial charge in [-0.15, -0.1) is 0 Å². The van der Waals surface area contributed by atoms with Gasteiger partial charge in [0, 0.05) is 0 Å². The van der Waals surface area contributed by atoms with Gasteiger partial charge in [0.2, 0.25) is 0 Å². The lowest BCUT2D eigenvalue weighted by molar-refractivity contribution is 0.140. The molecule has 1 aromatic heterocycles. The Morgan fingerprint density at radius 2 is 2.31 bits per heavy atom. The quantitative estimate of drug-likeness (QED) is 0.705. The molecule has 0 saturated carbocycles. The molecule has 1 amide bonds. The zero-order chi connectivity index (χ0) is 9.42. The first kappa shape index (κ1) is 8.10. The molecule has 1 atom stereocenters. The summed E-state index contributed by atoms with van der Waals surface area (Å²) in [5, 5.41) is 6.37. The number of aromatic nitrogens is 1. The predicted octanol–water partition coefficient (Wildman–Crippen LogP) is 1.07. The molecule has 0 radical (unpaired) electrons. The summed E-state index contributed by atoms with van der Waals surface area (Å²) in [4.78, 5) is 10.8. The molecule has 0 aliphatic carbocycles. The highest BCUT2D eigenvalue weighted by atomic mass is 16.6. The lowest BCUT2D eigenvalue weighted by atomic mass is 10.1. The molecule has 1 unspecified atom stereocenters. The molecule has 0 spiro atoms. The zero-order valence-electron chi connectivity index (χ0n) is 7.46. The van der Waals surface area contributed by atoms with E-state index >= 15 is 0 Å². The molecule has 1 aliphatic heterocycles. The van der Waals surface area contributed by atoms with Crippen LogP contribution in [0.25, 0.3) is 0 Å². The van der Waals surface area contributed by atoms with Gasteiger partial charge in [-0.1, -0.05) is 5.16 Å². The highest BCUT2D eigenvalue weighted by Gasteiger charge is 2.29. The van der Waals surface area contributed by atoms with Gasteiger partial charge in [0.05, 0.1) is 17.8 Å². The number of carbonyl (C=O) groups excluding carboxylic acids is 1. The number of cyclic esters (lactones) is 1. The SMILES string of the molecule is Cc1noc(C)c1C1CNC(=O)O1. The second-order valence-electron chi connectivity index (χ2n) is 3.01. The molecule has 1 N–H and O–H groups in total. The van der Waals surface area contributed by atoms with Crippen molar-refractivity contribution in [2.24, 2.45) is 0 Å². The van der Waals surface area contributed by atoms with Crippen molar-refractivity contribution in [3.63, 3.8) is 0 Å². The Balaban J connectivity index is 2.30. The van der Waals surface area contributed by atoms with E-state index in [2.05, 4.69) is 10.5 Å². The molecular formula is C8H10N2O3. The summed E-state index contributed by atoms with van der Waals surface area (Å²) in [6.45, 7) is 4.13. The van der Waals surface area contributed by atoms with Gasteiger partial charge in [-0.25, -0.2) is 4.79 Å². The largest absolute Gasteiger partial charge is 0.439 e. The molecule has 1 fully saturated rings. The molecule has 1 aliphatic rings. The topological polar surface area (TPSA) is 64.4 Å². The van der Waals surface area contributed by atoms with Crippen molar-refractivity contribution in [1.29, 1.82) is 0 Å². The van der Waals surface area contributed by atoms with Crippen molar-refractivity contribution in [3.8, 4) is 0 Å². The van der Waals surface area contributed by atoms with Gasteiger partial charge in [0.1, 0.15) is 5.76 Å². The Bertz CT molecular complexity index is 326. The average Bonchev–Trinajstić information content (AvgIpc) is 2.60. The van der Waals surface area contributed by atoms with Crippen LogP contribution in [0.4, 0.5) is 4.79 Å². The Kier molecular flexibility index (Phi) is 1.72. The third-order valence-corrected chi connectivity index (χ3v) is 2.09. The Morgan fingerprint density at radius 1 is 1.54 bits per heavy atom. The number of ether oxygens (including phenoxy) is 1. The molecule has 5 nitrogen and oxygen atoms in total. The van der Waals surface area contributed by atoms with Gasteiger partial charge in [0.15, 0.2) is 6.10 Å². The number of aryl methyl sites for hydroxylation is 2. The van der Waals surface area contributed by atoms with E-state index < -0.39 is 0 Å². The van der Waals surface area contributed by atoms with Crippen LogP contribution in [0.5, 0.6) is 0 Å². The van der Waals surface area contributed by atoms with Crippen LogP contribution in [0.2, 0.25) is 0 Å². The minimum absolute atomic E-state index is 0.251. The fraction of sp³-hybridized carbons (Fsp3) is 0.500. The highest BCUT2D eigenvalue weighted by molar-refractivity contribution is 5.69. The van der Waals surface area contributed by atoms with Gasteiger partial charge < -0.3 is 14.6 Å². The summed E-state index contributed by atoms with van der Waals surface area (Å²) < 4.78 is 9.99. The second kappa shape index (κ2) is 2.76. The molecule has 2 heterocycles. The molecule has 70 valence electrons. The number of nitrogens with zero attached hydrogens (tertiary/aromatic N) is 1. The van der Waals surface area contributed by atoms with Gasteiger partial charge >= 0.3 is 6.09 Å². The summed E-state index contributed by atoms with van der Waals surface area (Å²) in [6.07, 6.45) is -0.635. The maximum Gasteiger partial charge on any atom is 0.407 e. The van der Waals surface area contributed by atoms with Crippen LogP contribution in [-0.4, -0.2) is 17.8 Å². The first-order chi connectivity index (χ1) is 6.18. The fourth-order valence-corrected chi connectivity index (χ4v) is 1.50. The van der Waals surface area contributed by atoms with Crippen molar-refractivity contribution in [1.82, 2.24) is 10.5 Å². The van der Waals surface area contributed by atoms with Crippen LogP contribution >= 0.6 is 0 Å². The summed E-state index contributed by atoms with van der Waals surface area (Å²) >= 11 is 0. The molecule has 13 heavy (non-hydrogen) atoms.